The van der Waals surface area contributed by atoms with Gasteiger partial charge in [0.05, 0.1) is 6.61 Å². The fourth-order valence-corrected chi connectivity index (χ4v) is 1.72. The van der Waals surface area contributed by atoms with Crippen molar-refractivity contribution >= 4 is 0 Å². The van der Waals surface area contributed by atoms with E-state index >= 15 is 0 Å². The van der Waals surface area contributed by atoms with Crippen molar-refractivity contribution in [1.29, 1.82) is 0 Å². The van der Waals surface area contributed by atoms with Crippen molar-refractivity contribution in [2.75, 3.05) is 7.05 Å². The summed E-state index contributed by atoms with van der Waals surface area (Å²) in [5.74, 6) is 0. The van der Waals surface area contributed by atoms with Crippen LogP contribution >= 0.6 is 0 Å². The third-order valence-corrected chi connectivity index (χ3v) is 2.97. The summed E-state index contributed by atoms with van der Waals surface area (Å²) in [5, 5.41) is 12.2. The molecule has 0 aliphatic rings. The first-order chi connectivity index (χ1) is 7.99. The second-order valence-electron chi connectivity index (χ2n) is 4.28. The number of nitrogens with zero attached hydrogens (tertiary/aromatic N) is 1. The average Bonchev–Trinajstić information content (AvgIpc) is 2.32. The monoisotopic (exact) mass is 236 g/mol. The first kappa shape index (κ1) is 13.5. The Morgan fingerprint density at radius 2 is 2.12 bits per heavy atom. The van der Waals surface area contributed by atoms with Gasteiger partial charge in [-0.2, -0.15) is 0 Å². The van der Waals surface area contributed by atoms with E-state index in [0.717, 1.165) is 17.7 Å². The SMILES string of the molecule is CN/C(C)=C(\C)Cc1cc(CO)c(=O)n(C)c1. The summed E-state index contributed by atoms with van der Waals surface area (Å²) in [6, 6.07) is 1.77. The van der Waals surface area contributed by atoms with Gasteiger partial charge in [-0.15, -0.1) is 0 Å². The Morgan fingerprint density at radius 3 is 2.65 bits per heavy atom. The van der Waals surface area contributed by atoms with Crippen LogP contribution in [0, 0.1) is 0 Å². The van der Waals surface area contributed by atoms with E-state index < -0.39 is 0 Å². The average molecular weight is 236 g/mol. The van der Waals surface area contributed by atoms with Gasteiger partial charge in [0.1, 0.15) is 0 Å². The normalized spacial score (nSPS) is 12.3. The molecule has 2 N–H and O–H groups in total. The largest absolute Gasteiger partial charge is 0.392 e. The zero-order valence-corrected chi connectivity index (χ0v) is 10.9. The zero-order valence-electron chi connectivity index (χ0n) is 10.9. The maximum Gasteiger partial charge on any atom is 0.255 e. The molecule has 1 aromatic rings. The topological polar surface area (TPSA) is 54.3 Å². The molecule has 0 spiro atoms. The molecule has 1 aromatic heterocycles. The lowest BCUT2D eigenvalue weighted by molar-refractivity contribution is 0.279. The lowest BCUT2D eigenvalue weighted by Gasteiger charge is -2.10. The van der Waals surface area contributed by atoms with Crippen molar-refractivity contribution in [2.24, 2.45) is 7.05 Å². The first-order valence-electron chi connectivity index (χ1n) is 5.63. The van der Waals surface area contributed by atoms with Crippen molar-refractivity contribution in [3.63, 3.8) is 0 Å². The van der Waals surface area contributed by atoms with Crippen LogP contribution in [0.4, 0.5) is 0 Å². The Hall–Kier alpha value is -1.55. The van der Waals surface area contributed by atoms with Crippen molar-refractivity contribution in [1.82, 2.24) is 9.88 Å². The summed E-state index contributed by atoms with van der Waals surface area (Å²) in [6.45, 7) is 3.86. The number of allylic oxidation sites excluding steroid dienone is 2. The highest BCUT2D eigenvalue weighted by Gasteiger charge is 2.05. The summed E-state index contributed by atoms with van der Waals surface area (Å²) in [6.07, 6.45) is 2.59. The standard InChI is InChI=1S/C13H20N2O2/c1-9(10(2)14-3)5-11-6-12(8-16)13(17)15(4)7-11/h6-7,14,16H,5,8H2,1-4H3/b10-9+. The molecule has 94 valence electrons. The fourth-order valence-electron chi connectivity index (χ4n) is 1.72. The zero-order chi connectivity index (χ0) is 13.0. The van der Waals surface area contributed by atoms with E-state index in [1.807, 2.05) is 20.2 Å². The predicted molar refractivity (Wildman–Crippen MR) is 68.7 cm³/mol. The molecule has 0 fully saturated rings. The van der Waals surface area contributed by atoms with Gasteiger partial charge in [-0.25, -0.2) is 0 Å². The molecule has 4 heteroatoms. The number of aromatic nitrogens is 1. The van der Waals surface area contributed by atoms with Crippen LogP contribution in [0.3, 0.4) is 0 Å². The number of aryl methyl sites for hydroxylation is 1. The van der Waals surface area contributed by atoms with Crippen LogP contribution in [0.5, 0.6) is 0 Å². The molecule has 0 aromatic carbocycles. The number of hydrogen-bond donors (Lipinski definition) is 2. The summed E-state index contributed by atoms with van der Waals surface area (Å²) >= 11 is 0. The lowest BCUT2D eigenvalue weighted by atomic mass is 10.1. The second kappa shape index (κ2) is 5.68. The van der Waals surface area contributed by atoms with E-state index in [-0.39, 0.29) is 12.2 Å². The maximum absolute atomic E-state index is 11.6. The van der Waals surface area contributed by atoms with Gasteiger partial charge in [0, 0.05) is 31.6 Å². The molecule has 0 aliphatic heterocycles. The van der Waals surface area contributed by atoms with Crippen molar-refractivity contribution in [2.45, 2.75) is 26.9 Å². The summed E-state index contributed by atoms with van der Waals surface area (Å²) in [4.78, 5) is 11.6. The van der Waals surface area contributed by atoms with Crippen LogP contribution in [0.15, 0.2) is 28.3 Å². The van der Waals surface area contributed by atoms with Gasteiger partial charge in [-0.3, -0.25) is 4.79 Å². The Morgan fingerprint density at radius 1 is 1.47 bits per heavy atom. The van der Waals surface area contributed by atoms with Crippen LogP contribution in [0.1, 0.15) is 25.0 Å². The third kappa shape index (κ3) is 3.20. The van der Waals surface area contributed by atoms with Crippen molar-refractivity contribution < 1.29 is 5.11 Å². The smallest absolute Gasteiger partial charge is 0.255 e. The molecule has 0 saturated heterocycles. The minimum Gasteiger partial charge on any atom is -0.392 e. The maximum atomic E-state index is 11.6. The molecule has 0 amide bonds. The van der Waals surface area contributed by atoms with E-state index in [9.17, 15) is 4.79 Å². The van der Waals surface area contributed by atoms with Gasteiger partial charge in [-0.1, -0.05) is 5.57 Å². The Balaban J connectivity index is 3.09. The molecule has 0 saturated carbocycles. The number of rotatable bonds is 4. The van der Waals surface area contributed by atoms with Crippen LogP contribution in [0.25, 0.3) is 0 Å². The van der Waals surface area contributed by atoms with Gasteiger partial charge >= 0.3 is 0 Å². The number of aliphatic hydroxyl groups is 1. The molecule has 1 rings (SSSR count). The van der Waals surface area contributed by atoms with E-state index in [1.165, 1.54) is 10.1 Å². The molecule has 0 atom stereocenters. The van der Waals surface area contributed by atoms with Crippen molar-refractivity contribution in [3.05, 3.63) is 45.0 Å². The van der Waals surface area contributed by atoms with Crippen LogP contribution < -0.4 is 10.9 Å². The highest BCUT2D eigenvalue weighted by molar-refractivity contribution is 5.24. The van der Waals surface area contributed by atoms with E-state index in [4.69, 9.17) is 5.11 Å². The number of nitrogens with one attached hydrogen (secondary N) is 1. The number of hydrogen-bond acceptors (Lipinski definition) is 3. The quantitative estimate of drug-likeness (QED) is 0.818. The lowest BCUT2D eigenvalue weighted by Crippen LogP contribution is -2.21. The van der Waals surface area contributed by atoms with Gasteiger partial charge in [0.15, 0.2) is 0 Å². The predicted octanol–water partition coefficient (Wildman–Crippen LogP) is 0.933. The fraction of sp³-hybridized carbons (Fsp3) is 0.462. The van der Waals surface area contributed by atoms with E-state index in [1.54, 1.807) is 13.1 Å². The Bertz CT molecular complexity index is 487. The highest BCUT2D eigenvalue weighted by Crippen LogP contribution is 2.10. The van der Waals surface area contributed by atoms with Gasteiger partial charge in [-0.05, 0) is 31.9 Å². The molecule has 1 heterocycles. The molecule has 0 aliphatic carbocycles. The Labute approximate surface area is 102 Å². The number of pyridine rings is 1. The second-order valence-corrected chi connectivity index (χ2v) is 4.28. The van der Waals surface area contributed by atoms with E-state index in [0.29, 0.717) is 5.56 Å². The molecular formula is C13H20N2O2. The first-order valence-corrected chi connectivity index (χ1v) is 5.63. The van der Waals surface area contributed by atoms with Crippen LogP contribution in [0.2, 0.25) is 0 Å². The molecule has 4 nitrogen and oxygen atoms in total. The minimum absolute atomic E-state index is 0.136. The minimum atomic E-state index is -0.214. The summed E-state index contributed by atoms with van der Waals surface area (Å²) < 4.78 is 1.52. The van der Waals surface area contributed by atoms with Crippen LogP contribution in [-0.4, -0.2) is 16.7 Å². The van der Waals surface area contributed by atoms with Gasteiger partial charge in [0.2, 0.25) is 0 Å². The molecule has 0 bridgehead atoms. The number of aliphatic hydroxyl groups excluding tert-OH is 1. The van der Waals surface area contributed by atoms with Gasteiger partial charge in [0.25, 0.3) is 5.56 Å². The van der Waals surface area contributed by atoms with Gasteiger partial charge < -0.3 is 15.0 Å². The summed E-state index contributed by atoms with van der Waals surface area (Å²) in [5.41, 5.74) is 3.69. The third-order valence-electron chi connectivity index (χ3n) is 2.97. The van der Waals surface area contributed by atoms with Crippen molar-refractivity contribution in [3.8, 4) is 0 Å². The van der Waals surface area contributed by atoms with Crippen LogP contribution in [-0.2, 0) is 20.1 Å². The Kier molecular flexibility index (Phi) is 4.52. The molecular weight excluding hydrogens is 216 g/mol. The molecule has 0 unspecified atom stereocenters. The van der Waals surface area contributed by atoms with E-state index in [2.05, 4.69) is 12.2 Å². The molecule has 17 heavy (non-hydrogen) atoms. The molecule has 0 radical (unpaired) electrons. The highest BCUT2D eigenvalue weighted by atomic mass is 16.3. The summed E-state index contributed by atoms with van der Waals surface area (Å²) in [7, 11) is 3.59.